The van der Waals surface area contributed by atoms with Crippen LogP contribution in [0.15, 0.2) is 59.5 Å². The van der Waals surface area contributed by atoms with E-state index in [1.54, 1.807) is 4.90 Å². The number of nitrogens with one attached hydrogen (secondary N) is 1. The van der Waals surface area contributed by atoms with E-state index in [1.807, 2.05) is 58.0 Å². The lowest BCUT2D eigenvalue weighted by Crippen LogP contribution is -2.52. The third-order valence-electron chi connectivity index (χ3n) is 5.25. The normalized spacial score (nSPS) is 12.8. The Labute approximate surface area is 185 Å². The summed E-state index contributed by atoms with van der Waals surface area (Å²) in [5.74, 6) is 0.265. The Hall–Kier alpha value is -2.27. The topological polar surface area (TPSA) is 49.4 Å². The molecule has 1 N–H and O–H groups in total. The van der Waals surface area contributed by atoms with Gasteiger partial charge in [-0.25, -0.2) is 0 Å². The van der Waals surface area contributed by atoms with Gasteiger partial charge >= 0.3 is 0 Å². The molecule has 0 aliphatic rings. The summed E-state index contributed by atoms with van der Waals surface area (Å²) in [6.07, 6.45) is 2.19. The van der Waals surface area contributed by atoms with Crippen LogP contribution in [0.1, 0.15) is 44.7 Å². The van der Waals surface area contributed by atoms with Crippen molar-refractivity contribution in [3.05, 3.63) is 65.7 Å². The largest absolute Gasteiger partial charge is 0.352 e. The highest BCUT2D eigenvalue weighted by Crippen LogP contribution is 2.20. The van der Waals surface area contributed by atoms with Crippen molar-refractivity contribution in [3.63, 3.8) is 0 Å². The number of nitrogens with zero attached hydrogens (tertiary/aromatic N) is 1. The number of benzene rings is 2. The Kier molecular flexibility index (Phi) is 9.95. The van der Waals surface area contributed by atoms with E-state index in [1.165, 1.54) is 22.9 Å². The molecule has 0 spiro atoms. The highest BCUT2D eigenvalue weighted by Gasteiger charge is 2.28. The molecule has 2 aromatic carbocycles. The SMILES string of the molecule is CC[C@H](C(=O)N[C@@H](C)CC)N(CCc1ccccc1)C(=O)CSc1ccc(C)cc1. The summed E-state index contributed by atoms with van der Waals surface area (Å²) in [5, 5.41) is 3.05. The molecule has 162 valence electrons. The monoisotopic (exact) mass is 426 g/mol. The molecule has 0 unspecified atom stereocenters. The Morgan fingerprint density at radius 2 is 1.67 bits per heavy atom. The molecular weight excluding hydrogens is 392 g/mol. The number of hydrogen-bond acceptors (Lipinski definition) is 3. The third-order valence-corrected chi connectivity index (χ3v) is 6.25. The van der Waals surface area contributed by atoms with Gasteiger partial charge in [-0.15, -0.1) is 11.8 Å². The van der Waals surface area contributed by atoms with Crippen LogP contribution in [0.3, 0.4) is 0 Å². The van der Waals surface area contributed by atoms with Crippen LogP contribution in [0.5, 0.6) is 0 Å². The van der Waals surface area contributed by atoms with Gasteiger partial charge in [-0.3, -0.25) is 9.59 Å². The van der Waals surface area contributed by atoms with Gasteiger partial charge in [-0.05, 0) is 50.8 Å². The molecule has 2 atom stereocenters. The molecule has 0 fully saturated rings. The molecule has 2 aromatic rings. The van der Waals surface area contributed by atoms with Gasteiger partial charge < -0.3 is 10.2 Å². The Morgan fingerprint density at radius 3 is 2.27 bits per heavy atom. The van der Waals surface area contributed by atoms with Gasteiger partial charge in [-0.2, -0.15) is 0 Å². The Balaban J connectivity index is 2.11. The summed E-state index contributed by atoms with van der Waals surface area (Å²) in [7, 11) is 0. The predicted molar refractivity (Wildman–Crippen MR) is 126 cm³/mol. The smallest absolute Gasteiger partial charge is 0.243 e. The van der Waals surface area contributed by atoms with Crippen LogP contribution in [0.4, 0.5) is 0 Å². The lowest BCUT2D eigenvalue weighted by atomic mass is 10.1. The van der Waals surface area contributed by atoms with Crippen molar-refractivity contribution in [1.29, 1.82) is 0 Å². The minimum atomic E-state index is -0.450. The average molecular weight is 427 g/mol. The molecule has 0 radical (unpaired) electrons. The summed E-state index contributed by atoms with van der Waals surface area (Å²) < 4.78 is 0. The predicted octanol–water partition coefficient (Wildman–Crippen LogP) is 4.85. The van der Waals surface area contributed by atoms with Crippen molar-refractivity contribution in [2.24, 2.45) is 0 Å². The molecule has 0 heterocycles. The summed E-state index contributed by atoms with van der Waals surface area (Å²) in [5.41, 5.74) is 2.36. The maximum absolute atomic E-state index is 13.2. The zero-order valence-electron chi connectivity index (χ0n) is 18.6. The number of rotatable bonds is 11. The second-order valence-electron chi connectivity index (χ2n) is 7.67. The third kappa shape index (κ3) is 7.52. The van der Waals surface area contributed by atoms with Gasteiger partial charge in [0.15, 0.2) is 0 Å². The molecule has 5 heteroatoms. The maximum Gasteiger partial charge on any atom is 0.243 e. The first-order valence-corrected chi connectivity index (χ1v) is 11.8. The van der Waals surface area contributed by atoms with Crippen molar-refractivity contribution in [2.75, 3.05) is 12.3 Å². The molecule has 0 aromatic heterocycles. The zero-order valence-corrected chi connectivity index (χ0v) is 19.4. The standard InChI is InChI=1S/C25H34N2O2S/c1-5-20(4)26-25(29)23(6-2)27(17-16-21-10-8-7-9-11-21)24(28)18-30-22-14-12-19(3)13-15-22/h7-15,20,23H,5-6,16-18H2,1-4H3,(H,26,29)/t20-,23+/m0/s1. The van der Waals surface area contributed by atoms with E-state index in [-0.39, 0.29) is 17.9 Å². The van der Waals surface area contributed by atoms with E-state index in [4.69, 9.17) is 0 Å². The van der Waals surface area contributed by atoms with Crippen LogP contribution < -0.4 is 5.32 Å². The number of aryl methyl sites for hydroxylation is 1. The fourth-order valence-electron chi connectivity index (χ4n) is 3.20. The number of thioether (sulfide) groups is 1. The number of carbonyl (C=O) groups is 2. The fraction of sp³-hybridized carbons (Fsp3) is 0.440. The molecule has 0 saturated carbocycles. The zero-order chi connectivity index (χ0) is 21.9. The molecule has 0 aliphatic carbocycles. The van der Waals surface area contributed by atoms with Crippen molar-refractivity contribution in [3.8, 4) is 0 Å². The number of hydrogen-bond donors (Lipinski definition) is 1. The number of amides is 2. The second kappa shape index (κ2) is 12.4. The Bertz CT molecular complexity index is 793. The number of carbonyl (C=O) groups excluding carboxylic acids is 2. The first-order chi connectivity index (χ1) is 14.4. The van der Waals surface area contributed by atoms with E-state index in [9.17, 15) is 9.59 Å². The summed E-state index contributed by atoms with van der Waals surface area (Å²) >= 11 is 1.52. The van der Waals surface area contributed by atoms with Crippen LogP contribution >= 0.6 is 11.8 Å². The molecule has 2 rings (SSSR count). The molecule has 0 aliphatic heterocycles. The van der Waals surface area contributed by atoms with Gasteiger partial charge in [0.1, 0.15) is 6.04 Å². The van der Waals surface area contributed by atoms with Crippen molar-refractivity contribution in [2.45, 2.75) is 63.9 Å². The van der Waals surface area contributed by atoms with Crippen LogP contribution in [-0.4, -0.2) is 41.1 Å². The summed E-state index contributed by atoms with van der Waals surface area (Å²) in [4.78, 5) is 28.9. The molecular formula is C25H34N2O2S. The highest BCUT2D eigenvalue weighted by molar-refractivity contribution is 8.00. The van der Waals surface area contributed by atoms with E-state index >= 15 is 0 Å². The van der Waals surface area contributed by atoms with E-state index in [0.29, 0.717) is 18.7 Å². The van der Waals surface area contributed by atoms with E-state index in [0.717, 1.165) is 17.7 Å². The quantitative estimate of drug-likeness (QED) is 0.523. The maximum atomic E-state index is 13.2. The van der Waals surface area contributed by atoms with Gasteiger partial charge in [0.05, 0.1) is 5.75 Å². The van der Waals surface area contributed by atoms with Gasteiger partial charge in [0.25, 0.3) is 0 Å². The molecule has 30 heavy (non-hydrogen) atoms. The van der Waals surface area contributed by atoms with Crippen LogP contribution in [0.25, 0.3) is 0 Å². The van der Waals surface area contributed by atoms with Crippen molar-refractivity contribution < 1.29 is 9.59 Å². The van der Waals surface area contributed by atoms with Gasteiger partial charge in [-0.1, -0.05) is 61.9 Å². The minimum absolute atomic E-state index is 0.00246. The minimum Gasteiger partial charge on any atom is -0.352 e. The van der Waals surface area contributed by atoms with Crippen molar-refractivity contribution >= 4 is 23.6 Å². The lowest BCUT2D eigenvalue weighted by molar-refractivity contribution is -0.139. The van der Waals surface area contributed by atoms with Crippen LogP contribution in [-0.2, 0) is 16.0 Å². The molecule has 4 nitrogen and oxygen atoms in total. The fourth-order valence-corrected chi connectivity index (χ4v) is 3.98. The molecule has 0 saturated heterocycles. The highest BCUT2D eigenvalue weighted by atomic mass is 32.2. The summed E-state index contributed by atoms with van der Waals surface area (Å²) in [6, 6.07) is 17.9. The van der Waals surface area contributed by atoms with Gasteiger partial charge in [0.2, 0.25) is 11.8 Å². The molecule has 2 amide bonds. The van der Waals surface area contributed by atoms with Crippen LogP contribution in [0, 0.1) is 6.92 Å². The van der Waals surface area contributed by atoms with Crippen molar-refractivity contribution in [1.82, 2.24) is 10.2 Å². The van der Waals surface area contributed by atoms with Gasteiger partial charge in [0, 0.05) is 17.5 Å². The van der Waals surface area contributed by atoms with E-state index in [2.05, 4.69) is 29.6 Å². The first-order valence-electron chi connectivity index (χ1n) is 10.8. The van der Waals surface area contributed by atoms with Crippen LogP contribution in [0.2, 0.25) is 0 Å². The lowest BCUT2D eigenvalue weighted by Gasteiger charge is -2.31. The second-order valence-corrected chi connectivity index (χ2v) is 8.72. The summed E-state index contributed by atoms with van der Waals surface area (Å²) in [6.45, 7) is 8.59. The van der Waals surface area contributed by atoms with E-state index < -0.39 is 6.04 Å². The Morgan fingerprint density at radius 1 is 1.00 bits per heavy atom. The average Bonchev–Trinajstić information content (AvgIpc) is 2.76. The molecule has 0 bridgehead atoms. The first kappa shape index (κ1) is 24.0.